The average Bonchev–Trinajstić information content (AvgIpc) is 2.42. The molecule has 1 N–H and O–H groups in total. The van der Waals surface area contributed by atoms with Crippen molar-refractivity contribution in [1.82, 2.24) is 10.2 Å². The van der Waals surface area contributed by atoms with Gasteiger partial charge in [-0.25, -0.2) is 0 Å². The van der Waals surface area contributed by atoms with Gasteiger partial charge < -0.3 is 10.2 Å². The van der Waals surface area contributed by atoms with Crippen LogP contribution in [0.1, 0.15) is 47.0 Å². The first-order valence-electron chi connectivity index (χ1n) is 7.24. The summed E-state index contributed by atoms with van der Waals surface area (Å²) in [5, 5.41) is 2.90. The number of piperazine rings is 1. The van der Waals surface area contributed by atoms with Gasteiger partial charge in [-0.15, -0.1) is 0 Å². The molecule has 1 saturated heterocycles. The molecule has 2 amide bonds. The van der Waals surface area contributed by atoms with Gasteiger partial charge in [-0.05, 0) is 26.2 Å². The quantitative estimate of drug-likeness (QED) is 0.797. The van der Waals surface area contributed by atoms with E-state index in [4.69, 9.17) is 0 Å². The molecule has 0 radical (unpaired) electrons. The largest absolute Gasteiger partial charge is 0.340 e. The van der Waals surface area contributed by atoms with Crippen LogP contribution in [0.15, 0.2) is 0 Å². The molecule has 0 saturated carbocycles. The zero-order valence-electron chi connectivity index (χ0n) is 13.1. The van der Waals surface area contributed by atoms with Crippen LogP contribution in [-0.2, 0) is 20.4 Å². The zero-order chi connectivity index (χ0) is 15.5. The van der Waals surface area contributed by atoms with Crippen LogP contribution in [-0.4, -0.2) is 50.6 Å². The van der Waals surface area contributed by atoms with Crippen LogP contribution in [0.2, 0.25) is 0 Å². The van der Waals surface area contributed by atoms with Crippen molar-refractivity contribution >= 4 is 22.6 Å². The van der Waals surface area contributed by atoms with Crippen molar-refractivity contribution < 1.29 is 13.8 Å². The van der Waals surface area contributed by atoms with E-state index in [1.54, 1.807) is 18.1 Å². The van der Waals surface area contributed by atoms with Crippen LogP contribution < -0.4 is 5.32 Å². The number of carbonyl (C=O) groups excluding carboxylic acids is 2. The predicted molar refractivity (Wildman–Crippen MR) is 80.8 cm³/mol. The maximum Gasteiger partial charge on any atom is 0.248 e. The van der Waals surface area contributed by atoms with Crippen molar-refractivity contribution in [3.05, 3.63) is 0 Å². The van der Waals surface area contributed by atoms with E-state index in [-0.39, 0.29) is 17.1 Å². The first-order valence-corrected chi connectivity index (χ1v) is 8.86. The molecule has 0 aromatic rings. The molecule has 6 heteroatoms. The van der Waals surface area contributed by atoms with Gasteiger partial charge in [0.25, 0.3) is 0 Å². The summed E-state index contributed by atoms with van der Waals surface area (Å²) in [5.41, 5.74) is -0.766. The molecule has 116 valence electrons. The Labute approximate surface area is 123 Å². The minimum Gasteiger partial charge on any atom is -0.340 e. The number of hydrogen-bond donors (Lipinski definition) is 1. The van der Waals surface area contributed by atoms with Crippen molar-refractivity contribution in [3.63, 3.8) is 0 Å². The number of amides is 2. The highest BCUT2D eigenvalue weighted by Crippen LogP contribution is 2.25. The Balaban J connectivity index is 2.88. The maximum atomic E-state index is 12.7. The lowest BCUT2D eigenvalue weighted by Crippen LogP contribution is -2.69. The van der Waals surface area contributed by atoms with Crippen LogP contribution in [0.25, 0.3) is 0 Å². The van der Waals surface area contributed by atoms with Gasteiger partial charge in [0.15, 0.2) is 0 Å². The molecule has 20 heavy (non-hydrogen) atoms. The molecular weight excluding hydrogens is 276 g/mol. The number of rotatable bonds is 6. The molecule has 1 fully saturated rings. The van der Waals surface area contributed by atoms with Crippen molar-refractivity contribution in [2.24, 2.45) is 0 Å². The average molecular weight is 302 g/mol. The number of nitrogens with zero attached hydrogens (tertiary/aromatic N) is 1. The normalized spacial score (nSPS) is 25.2. The second-order valence-corrected chi connectivity index (χ2v) is 7.35. The minimum absolute atomic E-state index is 0.0105. The molecule has 0 bridgehead atoms. The Bertz CT molecular complexity index is 407. The monoisotopic (exact) mass is 302 g/mol. The lowest BCUT2D eigenvalue weighted by atomic mass is 9.87. The maximum absolute atomic E-state index is 12.7. The van der Waals surface area contributed by atoms with Crippen molar-refractivity contribution in [1.29, 1.82) is 0 Å². The van der Waals surface area contributed by atoms with E-state index in [2.05, 4.69) is 5.32 Å². The highest BCUT2D eigenvalue weighted by molar-refractivity contribution is 7.84. The number of hydrogen-bond acceptors (Lipinski definition) is 3. The number of carbonyl (C=O) groups is 2. The fraction of sp³-hybridized carbons (Fsp3) is 0.857. The summed E-state index contributed by atoms with van der Waals surface area (Å²) in [5.74, 6) is -0.109. The summed E-state index contributed by atoms with van der Waals surface area (Å²) in [7, 11) is -0.907. The molecule has 0 aromatic carbocycles. The van der Waals surface area contributed by atoms with Crippen molar-refractivity contribution in [2.75, 3.05) is 12.8 Å². The molecule has 1 heterocycles. The first-order chi connectivity index (χ1) is 9.29. The van der Waals surface area contributed by atoms with Gasteiger partial charge in [0.2, 0.25) is 11.8 Å². The Kier molecular flexibility index (Phi) is 5.74. The van der Waals surface area contributed by atoms with E-state index in [1.165, 1.54) is 0 Å². The molecule has 0 spiro atoms. The smallest absolute Gasteiger partial charge is 0.248 e. The topological polar surface area (TPSA) is 66.5 Å². The second kappa shape index (κ2) is 6.70. The molecular formula is C14H26N2O3S. The summed E-state index contributed by atoms with van der Waals surface area (Å²) in [6.45, 7) is 7.97. The Morgan fingerprint density at radius 3 is 2.35 bits per heavy atom. The van der Waals surface area contributed by atoms with Crippen LogP contribution in [0.4, 0.5) is 0 Å². The highest BCUT2D eigenvalue weighted by atomic mass is 32.2. The van der Waals surface area contributed by atoms with Crippen molar-refractivity contribution in [3.8, 4) is 0 Å². The van der Waals surface area contributed by atoms with Gasteiger partial charge in [-0.1, -0.05) is 20.8 Å². The fourth-order valence-electron chi connectivity index (χ4n) is 2.50. The van der Waals surface area contributed by atoms with Crippen LogP contribution in [0, 0.1) is 0 Å². The van der Waals surface area contributed by atoms with Crippen LogP contribution >= 0.6 is 0 Å². The summed E-state index contributed by atoms with van der Waals surface area (Å²) < 4.78 is 11.4. The lowest BCUT2D eigenvalue weighted by molar-refractivity contribution is -0.154. The van der Waals surface area contributed by atoms with Crippen LogP contribution in [0.5, 0.6) is 0 Å². The summed E-state index contributed by atoms with van der Waals surface area (Å²) in [6, 6.07) is -0.453. The Hall–Kier alpha value is -0.910. The molecule has 1 aliphatic heterocycles. The Morgan fingerprint density at radius 2 is 1.90 bits per heavy atom. The van der Waals surface area contributed by atoms with Crippen molar-refractivity contribution in [2.45, 2.75) is 63.8 Å². The van der Waals surface area contributed by atoms with E-state index in [1.807, 2.05) is 20.8 Å². The van der Waals surface area contributed by atoms with Gasteiger partial charge >= 0.3 is 0 Å². The van der Waals surface area contributed by atoms with Gasteiger partial charge in [0.05, 0.1) is 0 Å². The predicted octanol–water partition coefficient (Wildman–Crippen LogP) is 1.05. The third-order valence-electron chi connectivity index (χ3n) is 4.43. The third-order valence-corrected chi connectivity index (χ3v) is 5.80. The lowest BCUT2D eigenvalue weighted by Gasteiger charge is -2.44. The Morgan fingerprint density at radius 1 is 1.35 bits per heavy atom. The van der Waals surface area contributed by atoms with Gasteiger partial charge in [-0.2, -0.15) is 0 Å². The van der Waals surface area contributed by atoms with E-state index in [0.29, 0.717) is 25.8 Å². The van der Waals surface area contributed by atoms with E-state index < -0.39 is 22.4 Å². The summed E-state index contributed by atoms with van der Waals surface area (Å²) in [4.78, 5) is 26.4. The second-order valence-electron chi connectivity index (χ2n) is 5.55. The van der Waals surface area contributed by atoms with E-state index in [9.17, 15) is 13.8 Å². The van der Waals surface area contributed by atoms with Gasteiger partial charge in [0.1, 0.15) is 11.6 Å². The van der Waals surface area contributed by atoms with E-state index in [0.717, 1.165) is 0 Å². The minimum atomic E-state index is -0.907. The highest BCUT2D eigenvalue weighted by Gasteiger charge is 2.47. The molecule has 1 rings (SSSR count). The summed E-state index contributed by atoms with van der Waals surface area (Å²) >= 11 is 0. The molecule has 3 unspecified atom stereocenters. The zero-order valence-corrected chi connectivity index (χ0v) is 13.9. The van der Waals surface area contributed by atoms with Gasteiger partial charge in [0, 0.05) is 28.9 Å². The summed E-state index contributed by atoms with van der Waals surface area (Å²) in [6.07, 6.45) is 3.50. The van der Waals surface area contributed by atoms with Crippen LogP contribution in [0.3, 0.4) is 0 Å². The number of nitrogens with one attached hydrogen (secondary N) is 1. The standard InChI is InChI=1S/C14H26N2O3S/c1-6-14(7-2)13(18)16(11(4)12(17)15-14)9-8-10(3)20(5)19/h10-11H,6-9H2,1-5H3,(H,15,17). The third kappa shape index (κ3) is 3.22. The van der Waals surface area contributed by atoms with Gasteiger partial charge in [-0.3, -0.25) is 13.8 Å². The molecule has 5 nitrogen and oxygen atoms in total. The molecule has 0 aromatic heterocycles. The molecule has 3 atom stereocenters. The van der Waals surface area contributed by atoms with E-state index >= 15 is 0 Å². The molecule has 1 aliphatic rings. The SMILES string of the molecule is CCC1(CC)NC(=O)C(C)N(CCC(C)S(C)=O)C1=O. The molecule has 0 aliphatic carbocycles. The fourth-order valence-corrected chi connectivity index (χ4v) is 2.93. The first kappa shape index (κ1) is 17.1.